The number of nitrogens with one attached hydrogen (secondary N) is 3. The Morgan fingerprint density at radius 3 is 0.911 bits per heavy atom. The number of nitrogens with two attached hydrogens (primary N) is 3. The van der Waals surface area contributed by atoms with Gasteiger partial charge in [0.05, 0.1) is 58.6 Å². The highest BCUT2D eigenvalue weighted by Gasteiger charge is 2.60. The second-order valence-electron chi connectivity index (χ2n) is 30.3. The number of thiol groups is 1. The molecule has 21 heterocycles. The van der Waals surface area contributed by atoms with Gasteiger partial charge in [0.2, 0.25) is 17.8 Å². The van der Waals surface area contributed by atoms with Gasteiger partial charge in [0.15, 0.2) is 160 Å². The van der Waals surface area contributed by atoms with Crippen molar-refractivity contribution in [2.75, 3.05) is 56.8 Å². The molecule has 30 atom stereocenters. The zero-order valence-corrected chi connectivity index (χ0v) is 77.0. The van der Waals surface area contributed by atoms with Gasteiger partial charge in [0.1, 0.15) is 73.2 Å². The number of ketones is 3. The quantitative estimate of drug-likeness (QED) is 0.0623. The Hall–Kier alpha value is -7.62. The summed E-state index contributed by atoms with van der Waals surface area (Å²) in [6.07, 6.45) is -33.8. The van der Waals surface area contributed by atoms with E-state index >= 15 is 26.3 Å². The maximum absolute atomic E-state index is 15.9. The Balaban J connectivity index is 0.000000130. The van der Waals surface area contributed by atoms with Crippen molar-refractivity contribution >= 4 is 216 Å². The first-order valence-electron chi connectivity index (χ1n) is 38.9. The van der Waals surface area contributed by atoms with E-state index in [1.807, 2.05) is 0 Å². The molecule has 0 aromatic carbocycles. The largest absolute Gasteiger partial charge is 0.386 e. The van der Waals surface area contributed by atoms with Crippen molar-refractivity contribution in [1.29, 1.82) is 0 Å². The third-order valence-corrected chi connectivity index (χ3v) is 31.1. The van der Waals surface area contributed by atoms with Crippen LogP contribution < -0.4 is 33.9 Å². The zero-order chi connectivity index (χ0) is 95.5. The van der Waals surface area contributed by atoms with Gasteiger partial charge in [0, 0.05) is 37.9 Å². The topological polar surface area (TPSA) is 734 Å². The van der Waals surface area contributed by atoms with Crippen molar-refractivity contribution in [3.63, 3.8) is 0 Å². The van der Waals surface area contributed by atoms with Gasteiger partial charge in [-0.15, -0.1) is 15.3 Å². The van der Waals surface area contributed by atoms with E-state index < -0.39 is 262 Å². The summed E-state index contributed by atoms with van der Waals surface area (Å²) in [5.74, 6) is -2.20. The van der Waals surface area contributed by atoms with Crippen molar-refractivity contribution in [2.24, 2.45) is 15.0 Å². The number of Topliss-reactive ketones (excluding diaryl/α,β-unsaturated/α-hetero) is 3. The van der Waals surface area contributed by atoms with E-state index in [0.717, 1.165) is 46.7 Å². The lowest BCUT2D eigenvalue weighted by Gasteiger charge is -2.27. The molecule has 0 saturated carbocycles. The van der Waals surface area contributed by atoms with Crippen LogP contribution in [0.3, 0.4) is 0 Å². The average Bonchev–Trinajstić information content (AvgIpc) is 1.62. The number of anilines is 3. The summed E-state index contributed by atoms with van der Waals surface area (Å²) in [6.45, 7) is -30.7. The molecule has 135 heavy (non-hydrogen) atoms. The molecule has 14 N–H and O–H groups in total. The van der Waals surface area contributed by atoms with Gasteiger partial charge < -0.3 is 92.7 Å². The van der Waals surface area contributed by atoms with Crippen LogP contribution >= 0.6 is 52.6 Å². The van der Waals surface area contributed by atoms with Crippen LogP contribution in [0.2, 0.25) is 0 Å². The predicted octanol–water partition coefficient (Wildman–Crippen LogP) is 0.833. The predicted molar refractivity (Wildman–Crippen MR) is 456 cm³/mol. The Kier molecular flexibility index (Phi) is 26.2. The number of ether oxygens (including phenoxy) is 6. The molecule has 75 heteroatoms. The summed E-state index contributed by atoms with van der Waals surface area (Å²) < 4.78 is 215. The number of H-pyrrole nitrogens is 3. The summed E-state index contributed by atoms with van der Waals surface area (Å²) in [4.78, 5) is 171. The molecule has 0 amide bonds. The highest BCUT2D eigenvalue weighted by Crippen LogP contribution is 2.62. The normalized spacial score (nSPS) is 38.8. The number of aromatic amines is 3. The van der Waals surface area contributed by atoms with Gasteiger partial charge in [-0.05, 0) is 59.0 Å². The minimum Gasteiger partial charge on any atom is -0.369 e. The third kappa shape index (κ3) is 18.8. The number of fused-ring (bicyclic) bond motifs is 15. The maximum Gasteiger partial charge on any atom is 0.386 e. The first kappa shape index (κ1) is 96.3. The Morgan fingerprint density at radius 1 is 0.370 bits per heavy atom. The van der Waals surface area contributed by atoms with Crippen LogP contribution in [0.4, 0.5) is 61.6 Å². The van der Waals surface area contributed by atoms with Crippen molar-refractivity contribution in [2.45, 2.75) is 167 Å². The minimum atomic E-state index is -4.52. The Bertz CT molecular complexity index is 6260. The van der Waals surface area contributed by atoms with Crippen molar-refractivity contribution in [1.82, 2.24) is 104 Å². The number of nitrogens with zero attached hydrogens (tertiary/aromatic N) is 21. The maximum atomic E-state index is 15.9. The van der Waals surface area contributed by atoms with Crippen LogP contribution in [-0.4, -0.2) is 314 Å². The summed E-state index contributed by atoms with van der Waals surface area (Å²) in [5, 5.41) is 22.7. The van der Waals surface area contributed by atoms with Gasteiger partial charge in [-0.2, -0.15) is 29.0 Å². The second kappa shape index (κ2) is 36.8. The molecule has 9 fully saturated rings. The average molecular weight is 2130 g/mol. The summed E-state index contributed by atoms with van der Waals surface area (Å²) in [6, 6.07) is 0. The molecule has 726 valence electrons. The SMILES string of the molecule is Nc1nc2c(ncn2[C@@H]2O[C@@H]3COP(O)(=S)O[C@H]4[C@H](F)[C@H](n5nnc6c5N=CCC6=O)O[C@@H]4COP(=O)(S)O[C@@H]2[C@H]3F)c(=O)[nH]1.Nc1nc2c(ncn2[C@@H]2O[C@@H]3COP(O)(=S)O[C@H]4[C@H](F)[C@H](n5nnc6c5N=CCC6=O)O[C@@H]4COP(O)(=S)O[C@@H]2[C@H]3F)c(=O)[nH]1.Nc1nc2c(ncn2[C@@H]2O[C@@H]3COP(O)(=S)O[C@H]4[C@H](F)[C@H](n5nnc6c5N=CCC6=O)O[C@@H]4COP(O)(=S)O[C@@H]2[C@H]3F)c(=O)[nH]1. The van der Waals surface area contributed by atoms with Gasteiger partial charge in [-0.25, -0.2) is 60.8 Å². The number of imidazole rings is 3. The molecule has 6 bridgehead atoms. The van der Waals surface area contributed by atoms with E-state index in [9.17, 15) is 57.8 Å². The number of carbonyl (C=O) groups is 3. The number of rotatable bonds is 6. The number of nitrogen functional groups attached to an aromatic ring is 3. The molecular weight excluding hydrogens is 2070 g/mol. The van der Waals surface area contributed by atoms with Crippen LogP contribution in [0.25, 0.3) is 33.5 Å². The molecule has 0 radical (unpaired) electrons. The lowest BCUT2D eigenvalue weighted by Crippen LogP contribution is -2.34. The number of carbonyl (C=O) groups excluding carboxylic acids is 3. The minimum absolute atomic E-state index is 0.0173. The standard InChI is InChI=1S/3C20H21F2N9O10P2S2/c3*21-9-7-3-36-42(34,44)40-13-8(39-18(10(13)22)31-15-11(28-29-31)6(32)1-2-24-15)4-37-43(35,45)41-14(9)19(38-7)30-5-25-12-16(30)26-20(23)27-17(12)33/h3*2,5,7-10,13-14,18-19H,1,3-4H2,(H,34,44)(H,35,45)(H3,23,26,27,33)/t3*7-,8-,9+,10+,13-,14-,18-,19-,42?,43?/m111/s1. The van der Waals surface area contributed by atoms with Gasteiger partial charge in [-0.1, -0.05) is 27.9 Å². The third-order valence-electron chi connectivity index (χ3n) is 21.7. The molecule has 57 nitrogen and oxygen atoms in total. The molecule has 9 aromatic heterocycles. The second-order valence-corrected chi connectivity index (χ2v) is 47.2. The zero-order valence-electron chi connectivity index (χ0n) is 66.7. The summed E-state index contributed by atoms with van der Waals surface area (Å²) >= 11 is 29.5. The smallest absolute Gasteiger partial charge is 0.369 e. The van der Waals surface area contributed by atoms with Crippen LogP contribution in [0.5, 0.6) is 0 Å². The molecule has 0 aliphatic carbocycles. The number of hydrogen-bond acceptors (Lipinski definition) is 48. The lowest BCUT2D eigenvalue weighted by atomic mass is 10.1. The van der Waals surface area contributed by atoms with Crippen molar-refractivity contribution in [3.8, 4) is 0 Å². The molecule has 21 rings (SSSR count). The number of aromatic nitrogens is 21. The Labute approximate surface area is 774 Å². The number of alkyl halides is 6. The monoisotopic (exact) mass is 2130 g/mol. The fourth-order valence-corrected chi connectivity index (χ4v) is 24.2. The molecule has 12 aliphatic heterocycles. The van der Waals surface area contributed by atoms with E-state index in [4.69, 9.17) is 159 Å². The van der Waals surface area contributed by atoms with E-state index in [1.54, 1.807) is 0 Å². The number of halogens is 6. The fourth-order valence-electron chi connectivity index (χ4n) is 15.7. The molecule has 9 saturated heterocycles. The summed E-state index contributed by atoms with van der Waals surface area (Å²) in [7, 11) is 0. The van der Waals surface area contributed by atoms with Gasteiger partial charge in [-0.3, -0.25) is 89.1 Å². The first-order chi connectivity index (χ1) is 63.9. The number of aliphatic imine (C=N–C) groups is 3. The molecular formula is C60H63F6N27O30P6S6. The van der Waals surface area contributed by atoms with Crippen LogP contribution in [-0.2, 0) is 146 Å². The number of hydrogen-bond donors (Lipinski definition) is 12. The Morgan fingerprint density at radius 2 is 0.622 bits per heavy atom. The molecule has 12 aliphatic rings. The van der Waals surface area contributed by atoms with Crippen LogP contribution in [0.1, 0.15) is 88.1 Å². The molecule has 9 aromatic rings. The highest BCUT2D eigenvalue weighted by atomic mass is 32.7. The highest BCUT2D eigenvalue weighted by molar-refractivity contribution is 8.44. The van der Waals surface area contributed by atoms with E-state index in [1.165, 1.54) is 18.6 Å². The van der Waals surface area contributed by atoms with Crippen LogP contribution in [0, 0.1) is 0 Å². The van der Waals surface area contributed by atoms with Gasteiger partial charge in [0.25, 0.3) is 16.7 Å². The van der Waals surface area contributed by atoms with Crippen molar-refractivity contribution in [3.05, 3.63) is 67.1 Å². The van der Waals surface area contributed by atoms with Crippen molar-refractivity contribution < 1.29 is 152 Å². The summed E-state index contributed by atoms with van der Waals surface area (Å²) in [5.41, 5.74) is 13.9. The van der Waals surface area contributed by atoms with E-state index in [0.29, 0.717) is 0 Å². The molecule has 0 spiro atoms. The van der Waals surface area contributed by atoms with E-state index in [-0.39, 0.29) is 105 Å². The van der Waals surface area contributed by atoms with E-state index in [2.05, 4.69) is 103 Å². The molecule has 6 unspecified atom stereocenters. The van der Waals surface area contributed by atoms with Gasteiger partial charge >= 0.3 is 40.4 Å². The fraction of sp³-hybridized carbons (Fsp3) is 0.550. The first-order valence-corrected chi connectivity index (χ1v) is 54.5. The lowest BCUT2D eigenvalue weighted by molar-refractivity contribution is -0.0621. The van der Waals surface area contributed by atoms with Crippen LogP contribution in [0.15, 0.2) is 48.3 Å².